The van der Waals surface area contributed by atoms with Gasteiger partial charge in [0.25, 0.3) is 10.0 Å². The average molecular weight is 423 g/mol. The Morgan fingerprint density at radius 2 is 1.68 bits per heavy atom. The average Bonchev–Trinajstić information content (AvgIpc) is 2.62. The topological polar surface area (TPSA) is 66.5 Å². The SMILES string of the molecule is CCC(C)(C)NC(=O)CN(c1ccc(C)c(C)c1)S(=O)(=O)c1ccc(Cl)cc1. The van der Waals surface area contributed by atoms with Crippen molar-refractivity contribution in [3.63, 3.8) is 0 Å². The molecule has 0 saturated heterocycles. The van der Waals surface area contributed by atoms with Gasteiger partial charge in [-0.15, -0.1) is 0 Å². The first-order chi connectivity index (χ1) is 13.0. The van der Waals surface area contributed by atoms with Crippen molar-refractivity contribution < 1.29 is 13.2 Å². The summed E-state index contributed by atoms with van der Waals surface area (Å²) in [6.07, 6.45) is 0.728. The highest BCUT2D eigenvalue weighted by Crippen LogP contribution is 2.26. The number of halogens is 1. The van der Waals surface area contributed by atoms with Crippen LogP contribution >= 0.6 is 11.6 Å². The number of carbonyl (C=O) groups excluding carboxylic acids is 1. The first kappa shape index (κ1) is 22.2. The maximum absolute atomic E-state index is 13.3. The maximum Gasteiger partial charge on any atom is 0.264 e. The van der Waals surface area contributed by atoms with E-state index >= 15 is 0 Å². The molecule has 0 heterocycles. The summed E-state index contributed by atoms with van der Waals surface area (Å²) in [6.45, 7) is 9.32. The summed E-state index contributed by atoms with van der Waals surface area (Å²) in [5.74, 6) is -0.359. The number of anilines is 1. The molecule has 28 heavy (non-hydrogen) atoms. The zero-order chi connectivity index (χ0) is 21.1. The Kier molecular flexibility index (Phi) is 6.78. The third-order valence-electron chi connectivity index (χ3n) is 4.83. The van der Waals surface area contributed by atoms with E-state index in [9.17, 15) is 13.2 Å². The number of benzene rings is 2. The van der Waals surface area contributed by atoms with Gasteiger partial charge in [-0.3, -0.25) is 9.10 Å². The largest absolute Gasteiger partial charge is 0.350 e. The lowest BCUT2D eigenvalue weighted by Gasteiger charge is -2.29. The molecule has 0 fully saturated rings. The quantitative estimate of drug-likeness (QED) is 0.716. The molecule has 2 aromatic carbocycles. The number of sulfonamides is 1. The van der Waals surface area contributed by atoms with Crippen molar-refractivity contribution in [3.8, 4) is 0 Å². The molecule has 0 radical (unpaired) electrons. The van der Waals surface area contributed by atoms with Gasteiger partial charge in [0.2, 0.25) is 5.91 Å². The fraction of sp³-hybridized carbons (Fsp3) is 0.381. The second kappa shape index (κ2) is 8.53. The van der Waals surface area contributed by atoms with E-state index < -0.39 is 15.6 Å². The van der Waals surface area contributed by atoms with E-state index in [2.05, 4.69) is 5.32 Å². The van der Waals surface area contributed by atoms with Crippen molar-refractivity contribution in [3.05, 3.63) is 58.6 Å². The molecule has 0 aromatic heterocycles. The molecule has 0 aliphatic carbocycles. The van der Waals surface area contributed by atoms with Crippen LogP contribution in [0.5, 0.6) is 0 Å². The molecule has 0 saturated carbocycles. The minimum absolute atomic E-state index is 0.0812. The van der Waals surface area contributed by atoms with E-state index in [-0.39, 0.29) is 17.3 Å². The number of carbonyl (C=O) groups is 1. The fourth-order valence-corrected chi connectivity index (χ4v) is 4.10. The summed E-state index contributed by atoms with van der Waals surface area (Å²) in [5.41, 5.74) is 2.02. The van der Waals surface area contributed by atoms with Crippen molar-refractivity contribution in [2.75, 3.05) is 10.8 Å². The lowest BCUT2D eigenvalue weighted by atomic mass is 10.0. The minimum Gasteiger partial charge on any atom is -0.350 e. The van der Waals surface area contributed by atoms with Crippen LogP contribution in [0, 0.1) is 13.8 Å². The van der Waals surface area contributed by atoms with Crippen molar-refractivity contribution in [2.24, 2.45) is 0 Å². The summed E-state index contributed by atoms with van der Waals surface area (Å²) in [4.78, 5) is 12.7. The summed E-state index contributed by atoms with van der Waals surface area (Å²) in [5, 5.41) is 3.34. The Morgan fingerprint density at radius 3 is 2.21 bits per heavy atom. The zero-order valence-electron chi connectivity index (χ0n) is 16.9. The molecule has 2 rings (SSSR count). The van der Waals surface area contributed by atoms with Crippen LogP contribution in [0.4, 0.5) is 5.69 Å². The molecule has 1 N–H and O–H groups in total. The van der Waals surface area contributed by atoms with Gasteiger partial charge in [0, 0.05) is 10.6 Å². The second-order valence-electron chi connectivity index (χ2n) is 7.52. The van der Waals surface area contributed by atoms with Crippen LogP contribution in [-0.2, 0) is 14.8 Å². The Hall–Kier alpha value is -2.05. The lowest BCUT2D eigenvalue weighted by molar-refractivity contribution is -0.121. The van der Waals surface area contributed by atoms with E-state index in [4.69, 9.17) is 11.6 Å². The van der Waals surface area contributed by atoms with Gasteiger partial charge < -0.3 is 5.32 Å². The van der Waals surface area contributed by atoms with Gasteiger partial charge in [-0.05, 0) is 81.6 Å². The van der Waals surface area contributed by atoms with E-state index in [1.807, 2.05) is 40.7 Å². The zero-order valence-corrected chi connectivity index (χ0v) is 18.5. The molecule has 2 aromatic rings. The van der Waals surface area contributed by atoms with Gasteiger partial charge >= 0.3 is 0 Å². The highest BCUT2D eigenvalue weighted by molar-refractivity contribution is 7.92. The van der Waals surface area contributed by atoms with E-state index in [1.165, 1.54) is 24.3 Å². The normalized spacial score (nSPS) is 11.9. The Balaban J connectivity index is 2.47. The van der Waals surface area contributed by atoms with Gasteiger partial charge in [-0.2, -0.15) is 0 Å². The molecule has 0 bridgehead atoms. The first-order valence-corrected chi connectivity index (χ1v) is 10.9. The molecule has 0 atom stereocenters. The van der Waals surface area contributed by atoms with Crippen LogP contribution in [0.3, 0.4) is 0 Å². The van der Waals surface area contributed by atoms with Gasteiger partial charge in [-0.25, -0.2) is 8.42 Å². The second-order valence-corrected chi connectivity index (χ2v) is 9.82. The van der Waals surface area contributed by atoms with Crippen LogP contribution in [0.2, 0.25) is 5.02 Å². The predicted molar refractivity (Wildman–Crippen MR) is 114 cm³/mol. The Bertz CT molecular complexity index is 954. The van der Waals surface area contributed by atoms with Gasteiger partial charge in [0.05, 0.1) is 10.6 Å². The number of hydrogen-bond acceptors (Lipinski definition) is 3. The Morgan fingerprint density at radius 1 is 1.07 bits per heavy atom. The summed E-state index contributed by atoms with van der Waals surface area (Å²) < 4.78 is 27.8. The molecule has 7 heteroatoms. The fourth-order valence-electron chi connectivity index (χ4n) is 2.57. The van der Waals surface area contributed by atoms with E-state index in [0.717, 1.165) is 21.9 Å². The number of nitrogens with zero attached hydrogens (tertiary/aromatic N) is 1. The van der Waals surface area contributed by atoms with Crippen molar-refractivity contribution in [2.45, 2.75) is 51.5 Å². The third-order valence-corrected chi connectivity index (χ3v) is 6.87. The molecule has 152 valence electrons. The van der Waals surface area contributed by atoms with Gasteiger partial charge in [0.1, 0.15) is 6.54 Å². The predicted octanol–water partition coefficient (Wildman–Crippen LogP) is 4.46. The summed E-state index contributed by atoms with van der Waals surface area (Å²) >= 11 is 5.90. The third kappa shape index (κ3) is 5.26. The van der Waals surface area contributed by atoms with E-state index in [0.29, 0.717) is 10.7 Å². The van der Waals surface area contributed by atoms with Crippen molar-refractivity contribution in [1.29, 1.82) is 0 Å². The van der Waals surface area contributed by atoms with Crippen LogP contribution in [0.25, 0.3) is 0 Å². The molecular weight excluding hydrogens is 396 g/mol. The van der Waals surface area contributed by atoms with Crippen LogP contribution in [0.15, 0.2) is 47.4 Å². The highest BCUT2D eigenvalue weighted by atomic mass is 35.5. The number of aryl methyl sites for hydroxylation is 2. The molecule has 5 nitrogen and oxygen atoms in total. The standard InChI is InChI=1S/C21H27ClN2O3S/c1-6-21(4,5)23-20(25)14-24(18-10-7-15(2)16(3)13-18)28(26,27)19-11-8-17(22)9-12-19/h7-13H,6,14H2,1-5H3,(H,23,25). The number of rotatable bonds is 7. The lowest BCUT2D eigenvalue weighted by Crippen LogP contribution is -2.48. The molecule has 0 aliphatic rings. The van der Waals surface area contributed by atoms with Crippen LogP contribution in [0.1, 0.15) is 38.3 Å². The number of amides is 1. The van der Waals surface area contributed by atoms with Crippen LogP contribution in [-0.4, -0.2) is 26.4 Å². The molecular formula is C21H27ClN2O3S. The van der Waals surface area contributed by atoms with Crippen LogP contribution < -0.4 is 9.62 Å². The minimum atomic E-state index is -3.94. The van der Waals surface area contributed by atoms with Crippen molar-refractivity contribution >= 4 is 33.2 Å². The van der Waals surface area contributed by atoms with Crippen molar-refractivity contribution in [1.82, 2.24) is 5.32 Å². The molecule has 0 spiro atoms. The number of nitrogens with one attached hydrogen (secondary N) is 1. The Labute approximate surface area is 172 Å². The van der Waals surface area contributed by atoms with Gasteiger partial charge in [0.15, 0.2) is 0 Å². The van der Waals surface area contributed by atoms with E-state index in [1.54, 1.807) is 12.1 Å². The monoisotopic (exact) mass is 422 g/mol. The summed E-state index contributed by atoms with van der Waals surface area (Å²) in [7, 11) is -3.94. The molecule has 1 amide bonds. The summed E-state index contributed by atoms with van der Waals surface area (Å²) in [6, 6.07) is 11.3. The smallest absolute Gasteiger partial charge is 0.264 e. The highest BCUT2D eigenvalue weighted by Gasteiger charge is 2.29. The molecule has 0 unspecified atom stereocenters. The first-order valence-electron chi connectivity index (χ1n) is 9.13. The molecule has 0 aliphatic heterocycles. The maximum atomic E-state index is 13.3. The van der Waals surface area contributed by atoms with Gasteiger partial charge in [-0.1, -0.05) is 24.6 Å². The number of hydrogen-bond donors (Lipinski definition) is 1.